The molecule has 0 heterocycles. The van der Waals surface area contributed by atoms with Gasteiger partial charge in [-0.1, -0.05) is 0 Å². The molecule has 11 heavy (non-hydrogen) atoms. The van der Waals surface area contributed by atoms with Gasteiger partial charge in [-0.15, -0.1) is 0 Å². The van der Waals surface area contributed by atoms with Gasteiger partial charge in [0.25, 0.3) is 0 Å². The molecule has 0 fully saturated rings. The topological polar surface area (TPSA) is 63.9 Å². The molecular weight excluding hydrogens is 331 g/mol. The van der Waals surface area contributed by atoms with E-state index in [2.05, 4.69) is 0 Å². The Balaban J connectivity index is 0. The fraction of sp³-hybridized carbons (Fsp3) is 1.00. The molecule has 0 amide bonds. The van der Waals surface area contributed by atoms with Crippen molar-refractivity contribution in [2.24, 2.45) is 0 Å². The maximum absolute atomic E-state index is 8.96. The third kappa shape index (κ3) is 4.92. The minimum Gasteiger partial charge on any atom is -0.379 e. The average molecular weight is 346 g/mol. The van der Waals surface area contributed by atoms with Crippen LogP contribution in [0.3, 0.4) is 0 Å². The van der Waals surface area contributed by atoms with Crippen molar-refractivity contribution in [3.8, 4) is 0 Å². The zero-order valence-corrected chi connectivity index (χ0v) is 8.99. The van der Waals surface area contributed by atoms with Crippen LogP contribution in [-0.2, 0) is 22.4 Å². The van der Waals surface area contributed by atoms with Crippen molar-refractivity contribution >= 4 is 0 Å². The summed E-state index contributed by atoms with van der Waals surface area (Å²) in [7, 11) is 0. The number of hydrogen-bond donors (Lipinski definition) is 3. The fourth-order valence-electron chi connectivity index (χ4n) is 0.937. The molecule has 0 aliphatic rings. The number of rotatable bonds is 3. The van der Waals surface area contributed by atoms with Crippen LogP contribution in [0.1, 0.15) is 20.8 Å². The van der Waals surface area contributed by atoms with Gasteiger partial charge in [0.2, 0.25) is 0 Å². The largest absolute Gasteiger partial charge is 0.379 e. The Kier molecular flexibility index (Phi) is 7.88. The Labute approximate surface area is 82.3 Å². The van der Waals surface area contributed by atoms with Crippen molar-refractivity contribution in [1.29, 1.82) is 0 Å². The van der Waals surface area contributed by atoms with Crippen molar-refractivity contribution < 1.29 is 37.7 Å². The van der Waals surface area contributed by atoms with E-state index in [0.717, 1.165) is 0 Å². The van der Waals surface area contributed by atoms with E-state index < -0.39 is 18.7 Å². The summed E-state index contributed by atoms with van der Waals surface area (Å²) in [6, 6.07) is 0. The predicted molar refractivity (Wildman–Crippen MR) is 36.9 cm³/mol. The Morgan fingerprint density at radius 1 is 0.818 bits per heavy atom. The molecule has 0 aromatic heterocycles. The van der Waals surface area contributed by atoms with Gasteiger partial charge in [0, 0.05) is 22.4 Å². The third-order valence-electron chi connectivity index (χ3n) is 1.29. The molecule has 0 rings (SSSR count). The van der Waals surface area contributed by atoms with Crippen LogP contribution < -0.4 is 0 Å². The second-order valence-electron chi connectivity index (χ2n) is 2.34. The number of aliphatic hydroxyl groups excluding tert-OH is 3. The van der Waals surface area contributed by atoms with Gasteiger partial charge in [-0.25, -0.2) is 4.90 Å². The molecule has 4 nitrogen and oxygen atoms in total. The molecule has 0 bridgehead atoms. The zero-order valence-electron chi connectivity index (χ0n) is 6.82. The molecule has 0 aliphatic heterocycles. The Hall–Kier alpha value is 0.580. The first-order chi connectivity index (χ1) is 4.46. The van der Waals surface area contributed by atoms with E-state index in [0.29, 0.717) is 0 Å². The van der Waals surface area contributed by atoms with Gasteiger partial charge in [-0.3, -0.25) is 0 Å². The molecule has 0 saturated heterocycles. The van der Waals surface area contributed by atoms with Gasteiger partial charge < -0.3 is 15.3 Å². The molecule has 5 heteroatoms. The second kappa shape index (κ2) is 6.14. The van der Waals surface area contributed by atoms with E-state index in [4.69, 9.17) is 15.3 Å². The summed E-state index contributed by atoms with van der Waals surface area (Å²) in [5, 5.41) is 26.9. The number of aliphatic hydroxyl groups is 3. The van der Waals surface area contributed by atoms with Gasteiger partial charge in [0.15, 0.2) is 0 Å². The minimum absolute atomic E-state index is 0. The molecule has 0 aliphatic carbocycles. The minimum atomic E-state index is -0.833. The molecule has 0 spiro atoms. The maximum atomic E-state index is 8.96. The number of nitrogens with zero attached hydrogens (tertiary/aromatic N) is 1. The van der Waals surface area contributed by atoms with Crippen molar-refractivity contribution in [2.45, 2.75) is 39.5 Å². The summed E-state index contributed by atoms with van der Waals surface area (Å²) < 4.78 is 0. The van der Waals surface area contributed by atoms with Gasteiger partial charge in [0.1, 0.15) is 18.7 Å². The number of hydrogen-bond acceptors (Lipinski definition) is 4. The van der Waals surface area contributed by atoms with Gasteiger partial charge >= 0.3 is 0 Å². The second-order valence-corrected chi connectivity index (χ2v) is 2.34. The predicted octanol–water partition coefficient (Wildman–Crippen LogP) is -0.699. The van der Waals surface area contributed by atoms with Crippen molar-refractivity contribution in [3.63, 3.8) is 0 Å². The first-order valence-corrected chi connectivity index (χ1v) is 3.28. The van der Waals surface area contributed by atoms with Crippen LogP contribution >= 0.6 is 0 Å². The molecule has 73 valence electrons. The summed E-state index contributed by atoms with van der Waals surface area (Å²) in [4.78, 5) is 1.17. The quantitative estimate of drug-likeness (QED) is 0.467. The average Bonchev–Trinajstić information content (AvgIpc) is 1.59. The third-order valence-corrected chi connectivity index (χ3v) is 1.29. The van der Waals surface area contributed by atoms with E-state index in [1.807, 2.05) is 0 Å². The van der Waals surface area contributed by atoms with E-state index in [1.165, 1.54) is 25.7 Å². The van der Waals surface area contributed by atoms with Gasteiger partial charge in [0.05, 0.1) is 0 Å². The SMILES string of the molecule is CC(O)N(C(C)O)C(C)O.[Au]. The van der Waals surface area contributed by atoms with E-state index in [9.17, 15) is 0 Å². The fourth-order valence-corrected chi connectivity index (χ4v) is 0.937. The van der Waals surface area contributed by atoms with Crippen LogP contribution in [0.5, 0.6) is 0 Å². The molecule has 0 aromatic carbocycles. The van der Waals surface area contributed by atoms with Crippen LogP contribution in [0.2, 0.25) is 0 Å². The van der Waals surface area contributed by atoms with Crippen LogP contribution in [0.15, 0.2) is 0 Å². The molecule has 3 atom stereocenters. The van der Waals surface area contributed by atoms with Crippen LogP contribution in [0, 0.1) is 0 Å². The van der Waals surface area contributed by atoms with Crippen LogP contribution in [-0.4, -0.2) is 38.9 Å². The molecule has 3 unspecified atom stereocenters. The standard InChI is InChI=1S/C6H15NO3.Au/c1-4(8)7(5(2)9)6(3)10;/h4-6,8-10H,1-3H3;. The van der Waals surface area contributed by atoms with Crippen molar-refractivity contribution in [3.05, 3.63) is 0 Å². The molecule has 1 radical (unpaired) electrons. The maximum Gasteiger partial charge on any atom is 0.108 e. The van der Waals surface area contributed by atoms with Crippen molar-refractivity contribution in [2.75, 3.05) is 0 Å². The summed E-state index contributed by atoms with van der Waals surface area (Å²) >= 11 is 0. The van der Waals surface area contributed by atoms with E-state index in [1.54, 1.807) is 0 Å². The molecule has 0 saturated carbocycles. The normalized spacial score (nSPS) is 18.8. The first kappa shape index (κ1) is 14.1. The zero-order chi connectivity index (χ0) is 8.31. The molecule has 0 aromatic rings. The molecular formula is C6H15AuNO3. The first-order valence-electron chi connectivity index (χ1n) is 3.28. The van der Waals surface area contributed by atoms with Crippen LogP contribution in [0.25, 0.3) is 0 Å². The summed E-state index contributed by atoms with van der Waals surface area (Å²) in [5.41, 5.74) is 0. The van der Waals surface area contributed by atoms with E-state index in [-0.39, 0.29) is 22.4 Å². The molecule has 3 N–H and O–H groups in total. The van der Waals surface area contributed by atoms with Gasteiger partial charge in [-0.05, 0) is 20.8 Å². The monoisotopic (exact) mass is 346 g/mol. The van der Waals surface area contributed by atoms with E-state index >= 15 is 0 Å². The summed E-state index contributed by atoms with van der Waals surface area (Å²) in [5.74, 6) is 0. The summed E-state index contributed by atoms with van der Waals surface area (Å²) in [6.45, 7) is 4.46. The van der Waals surface area contributed by atoms with Gasteiger partial charge in [-0.2, -0.15) is 0 Å². The Morgan fingerprint density at radius 2 is 1.00 bits per heavy atom. The van der Waals surface area contributed by atoms with Crippen LogP contribution in [0.4, 0.5) is 0 Å². The Morgan fingerprint density at radius 3 is 1.00 bits per heavy atom. The Bertz CT molecular complexity index is 78.8. The summed E-state index contributed by atoms with van der Waals surface area (Å²) in [6.07, 6.45) is -2.50. The van der Waals surface area contributed by atoms with Crippen molar-refractivity contribution in [1.82, 2.24) is 4.90 Å². The smallest absolute Gasteiger partial charge is 0.108 e.